The normalized spacial score (nSPS) is 10.4. The summed E-state index contributed by atoms with van der Waals surface area (Å²) in [5, 5.41) is 6.17. The van der Waals surface area contributed by atoms with Crippen molar-refractivity contribution in [1.82, 2.24) is 9.97 Å². The number of nitrogens with one attached hydrogen (secondary N) is 2. The molecule has 0 radical (unpaired) electrons. The SMILES string of the molecule is O=C(Nc1cccc(F)c1)c1ccnc(Nc2cccc(Cl)c2Cl)n1. The average molecular weight is 377 g/mol. The molecule has 0 atom stereocenters. The van der Waals surface area contributed by atoms with Crippen molar-refractivity contribution in [3.05, 3.63) is 76.3 Å². The van der Waals surface area contributed by atoms with Crippen LogP contribution in [0.3, 0.4) is 0 Å². The van der Waals surface area contributed by atoms with Gasteiger partial charge in [-0.25, -0.2) is 14.4 Å². The molecule has 3 aromatic rings. The van der Waals surface area contributed by atoms with Crippen molar-refractivity contribution in [2.24, 2.45) is 0 Å². The molecule has 25 heavy (non-hydrogen) atoms. The molecule has 2 aromatic carbocycles. The second kappa shape index (κ2) is 7.46. The maximum Gasteiger partial charge on any atom is 0.274 e. The lowest BCUT2D eigenvalue weighted by molar-refractivity contribution is 0.102. The second-order valence-corrected chi connectivity index (χ2v) is 5.74. The van der Waals surface area contributed by atoms with E-state index in [0.717, 1.165) is 0 Å². The number of hydrogen-bond acceptors (Lipinski definition) is 4. The van der Waals surface area contributed by atoms with Gasteiger partial charge in [-0.05, 0) is 36.4 Å². The zero-order chi connectivity index (χ0) is 17.8. The summed E-state index contributed by atoms with van der Waals surface area (Å²) in [7, 11) is 0. The number of amides is 1. The number of carbonyl (C=O) groups excluding carboxylic acids is 1. The van der Waals surface area contributed by atoms with E-state index in [4.69, 9.17) is 23.2 Å². The zero-order valence-electron chi connectivity index (χ0n) is 12.6. The minimum Gasteiger partial charge on any atom is -0.323 e. The quantitative estimate of drug-likeness (QED) is 0.678. The number of hydrogen-bond donors (Lipinski definition) is 2. The Hall–Kier alpha value is -2.70. The Kier molecular flexibility index (Phi) is 5.11. The van der Waals surface area contributed by atoms with Crippen LogP contribution in [-0.2, 0) is 0 Å². The monoisotopic (exact) mass is 376 g/mol. The molecule has 126 valence electrons. The highest BCUT2D eigenvalue weighted by Crippen LogP contribution is 2.30. The summed E-state index contributed by atoms with van der Waals surface area (Å²) in [5.74, 6) is -0.761. The van der Waals surface area contributed by atoms with Crippen LogP contribution in [0.15, 0.2) is 54.7 Å². The maximum absolute atomic E-state index is 13.2. The molecular weight excluding hydrogens is 366 g/mol. The molecule has 0 aliphatic rings. The fourth-order valence-corrected chi connectivity index (χ4v) is 2.38. The van der Waals surface area contributed by atoms with Crippen molar-refractivity contribution in [2.45, 2.75) is 0 Å². The molecule has 0 saturated heterocycles. The third-order valence-electron chi connectivity index (χ3n) is 3.17. The van der Waals surface area contributed by atoms with Gasteiger partial charge >= 0.3 is 0 Å². The van der Waals surface area contributed by atoms with Crippen LogP contribution in [0.5, 0.6) is 0 Å². The molecule has 0 bridgehead atoms. The number of carbonyl (C=O) groups is 1. The van der Waals surface area contributed by atoms with E-state index in [1.165, 1.54) is 30.5 Å². The van der Waals surface area contributed by atoms with Crippen LogP contribution < -0.4 is 10.6 Å². The Morgan fingerprint density at radius 1 is 1.08 bits per heavy atom. The first kappa shape index (κ1) is 17.1. The van der Waals surface area contributed by atoms with Gasteiger partial charge in [-0.2, -0.15) is 0 Å². The Balaban J connectivity index is 1.79. The van der Waals surface area contributed by atoms with E-state index >= 15 is 0 Å². The van der Waals surface area contributed by atoms with Crippen LogP contribution in [0.25, 0.3) is 0 Å². The van der Waals surface area contributed by atoms with E-state index in [0.29, 0.717) is 21.4 Å². The number of halogens is 3. The number of benzene rings is 2. The number of anilines is 3. The van der Waals surface area contributed by atoms with E-state index < -0.39 is 11.7 Å². The van der Waals surface area contributed by atoms with Crippen LogP contribution >= 0.6 is 23.2 Å². The highest BCUT2D eigenvalue weighted by molar-refractivity contribution is 6.43. The van der Waals surface area contributed by atoms with Crippen molar-refractivity contribution in [1.29, 1.82) is 0 Å². The molecule has 0 aliphatic carbocycles. The van der Waals surface area contributed by atoms with Gasteiger partial charge in [0, 0.05) is 11.9 Å². The first-order valence-corrected chi connectivity index (χ1v) is 7.89. The van der Waals surface area contributed by atoms with E-state index in [2.05, 4.69) is 20.6 Å². The first-order chi connectivity index (χ1) is 12.0. The highest BCUT2D eigenvalue weighted by Gasteiger charge is 2.11. The van der Waals surface area contributed by atoms with Crippen LogP contribution in [-0.4, -0.2) is 15.9 Å². The van der Waals surface area contributed by atoms with E-state index in [1.807, 2.05) is 0 Å². The van der Waals surface area contributed by atoms with Gasteiger partial charge in [0.25, 0.3) is 5.91 Å². The summed E-state index contributed by atoms with van der Waals surface area (Å²) in [4.78, 5) is 20.4. The number of nitrogens with zero attached hydrogens (tertiary/aromatic N) is 2. The van der Waals surface area contributed by atoms with Crippen LogP contribution in [0.4, 0.5) is 21.7 Å². The van der Waals surface area contributed by atoms with E-state index in [9.17, 15) is 9.18 Å². The Labute approximate surface area is 152 Å². The topological polar surface area (TPSA) is 66.9 Å². The van der Waals surface area contributed by atoms with Gasteiger partial charge in [-0.3, -0.25) is 4.79 Å². The zero-order valence-corrected chi connectivity index (χ0v) is 14.1. The van der Waals surface area contributed by atoms with Gasteiger partial charge < -0.3 is 10.6 Å². The third-order valence-corrected chi connectivity index (χ3v) is 3.99. The average Bonchev–Trinajstić information content (AvgIpc) is 2.59. The summed E-state index contributed by atoms with van der Waals surface area (Å²) >= 11 is 12.1. The van der Waals surface area contributed by atoms with E-state index in [1.54, 1.807) is 24.3 Å². The molecule has 1 heterocycles. The lowest BCUT2D eigenvalue weighted by atomic mass is 10.3. The van der Waals surface area contributed by atoms with Gasteiger partial charge in [-0.15, -0.1) is 0 Å². The molecule has 1 amide bonds. The molecule has 2 N–H and O–H groups in total. The Bertz CT molecular complexity index is 936. The lowest BCUT2D eigenvalue weighted by Crippen LogP contribution is -2.14. The first-order valence-electron chi connectivity index (χ1n) is 7.14. The fourth-order valence-electron chi connectivity index (χ4n) is 2.03. The smallest absolute Gasteiger partial charge is 0.274 e. The van der Waals surface area contributed by atoms with Gasteiger partial charge in [0.2, 0.25) is 5.95 Å². The fraction of sp³-hybridized carbons (Fsp3) is 0. The van der Waals surface area contributed by atoms with Crippen LogP contribution in [0.2, 0.25) is 10.0 Å². The Morgan fingerprint density at radius 3 is 2.68 bits per heavy atom. The molecule has 0 spiro atoms. The minimum atomic E-state index is -0.492. The second-order valence-electron chi connectivity index (χ2n) is 4.96. The van der Waals surface area contributed by atoms with Crippen LogP contribution in [0, 0.1) is 5.82 Å². The van der Waals surface area contributed by atoms with E-state index in [-0.39, 0.29) is 11.6 Å². The lowest BCUT2D eigenvalue weighted by Gasteiger charge is -2.09. The predicted octanol–water partition coefficient (Wildman–Crippen LogP) is 4.92. The number of rotatable bonds is 4. The third kappa shape index (κ3) is 4.23. The summed E-state index contributed by atoms with van der Waals surface area (Å²) in [5.41, 5.74) is 0.952. The molecular formula is C17H11Cl2FN4O. The van der Waals surface area contributed by atoms with Crippen molar-refractivity contribution >= 4 is 46.4 Å². The van der Waals surface area contributed by atoms with Gasteiger partial charge in [0.15, 0.2) is 0 Å². The largest absolute Gasteiger partial charge is 0.323 e. The van der Waals surface area contributed by atoms with Crippen LogP contribution in [0.1, 0.15) is 10.5 Å². The molecule has 0 aliphatic heterocycles. The molecule has 0 unspecified atom stereocenters. The van der Waals surface area contributed by atoms with Gasteiger partial charge in [0.05, 0.1) is 15.7 Å². The van der Waals surface area contributed by atoms with Gasteiger partial charge in [-0.1, -0.05) is 35.3 Å². The molecule has 1 aromatic heterocycles. The Morgan fingerprint density at radius 2 is 1.88 bits per heavy atom. The molecule has 8 heteroatoms. The highest BCUT2D eigenvalue weighted by atomic mass is 35.5. The summed E-state index contributed by atoms with van der Waals surface area (Å²) < 4.78 is 13.2. The molecule has 5 nitrogen and oxygen atoms in total. The maximum atomic E-state index is 13.2. The summed E-state index contributed by atoms with van der Waals surface area (Å²) in [6, 6.07) is 12.1. The standard InChI is InChI=1S/C17H11Cl2FN4O/c18-12-5-2-6-13(15(12)19)23-17-21-8-7-14(24-17)16(25)22-11-4-1-3-10(20)9-11/h1-9H,(H,22,25)(H,21,23,24). The summed E-state index contributed by atoms with van der Waals surface area (Å²) in [6.45, 7) is 0. The van der Waals surface area contributed by atoms with Crippen molar-refractivity contribution in [3.8, 4) is 0 Å². The van der Waals surface area contributed by atoms with Crippen molar-refractivity contribution < 1.29 is 9.18 Å². The van der Waals surface area contributed by atoms with Crippen molar-refractivity contribution in [3.63, 3.8) is 0 Å². The molecule has 3 rings (SSSR count). The minimum absolute atomic E-state index is 0.111. The number of aromatic nitrogens is 2. The summed E-state index contributed by atoms with van der Waals surface area (Å²) in [6.07, 6.45) is 1.42. The van der Waals surface area contributed by atoms with Crippen molar-refractivity contribution in [2.75, 3.05) is 10.6 Å². The van der Waals surface area contributed by atoms with Gasteiger partial charge in [0.1, 0.15) is 11.5 Å². The molecule has 0 fully saturated rings. The predicted molar refractivity (Wildman–Crippen MR) is 96.1 cm³/mol. The molecule has 0 saturated carbocycles.